The third-order valence-corrected chi connectivity index (χ3v) is 2.72. The topological polar surface area (TPSA) is 87.7 Å². The van der Waals surface area contributed by atoms with Crippen LogP contribution in [-0.2, 0) is 6.18 Å². The molecule has 9 heteroatoms. The molecule has 0 radical (unpaired) electrons. The van der Waals surface area contributed by atoms with Crippen molar-refractivity contribution in [2.75, 3.05) is 6.54 Å². The van der Waals surface area contributed by atoms with E-state index < -0.39 is 29.4 Å². The molecule has 21 heavy (non-hydrogen) atoms. The Morgan fingerprint density at radius 3 is 2.62 bits per heavy atom. The van der Waals surface area contributed by atoms with E-state index in [-0.39, 0.29) is 17.9 Å². The maximum Gasteiger partial charge on any atom is 0.419 e. The van der Waals surface area contributed by atoms with Crippen LogP contribution in [0.2, 0.25) is 0 Å². The minimum Gasteiger partial charge on any atom is -0.409 e. The third kappa shape index (κ3) is 4.33. The molecular formula is C12H13F4N3O2. The molecule has 0 heterocycles. The van der Waals surface area contributed by atoms with Crippen molar-refractivity contribution in [3.05, 3.63) is 35.1 Å². The predicted octanol–water partition coefficient (Wildman–Crippen LogP) is 1.96. The van der Waals surface area contributed by atoms with E-state index in [0.717, 1.165) is 6.07 Å². The van der Waals surface area contributed by atoms with Crippen molar-refractivity contribution < 1.29 is 27.6 Å². The minimum atomic E-state index is -4.89. The number of amides is 1. The Balaban J connectivity index is 2.85. The summed E-state index contributed by atoms with van der Waals surface area (Å²) in [6, 6.07) is 1.94. The zero-order valence-electron chi connectivity index (χ0n) is 10.9. The van der Waals surface area contributed by atoms with Crippen LogP contribution in [0.1, 0.15) is 22.8 Å². The second kappa shape index (κ2) is 6.42. The monoisotopic (exact) mass is 307 g/mol. The molecule has 0 bridgehead atoms. The number of hydrogen-bond donors (Lipinski definition) is 3. The van der Waals surface area contributed by atoms with Gasteiger partial charge in [-0.1, -0.05) is 12.1 Å². The summed E-state index contributed by atoms with van der Waals surface area (Å²) in [5.74, 6) is -2.92. The zero-order chi connectivity index (χ0) is 16.2. The summed E-state index contributed by atoms with van der Waals surface area (Å²) in [5.41, 5.74) is 3.44. The lowest BCUT2D eigenvalue weighted by molar-refractivity contribution is -0.140. The number of rotatable bonds is 4. The molecule has 0 saturated heterocycles. The summed E-state index contributed by atoms with van der Waals surface area (Å²) in [5, 5.41) is 13.5. The highest BCUT2D eigenvalue weighted by molar-refractivity contribution is 5.94. The lowest BCUT2D eigenvalue weighted by atomic mass is 10.1. The highest BCUT2D eigenvalue weighted by Gasteiger charge is 2.34. The van der Waals surface area contributed by atoms with Crippen molar-refractivity contribution in [2.24, 2.45) is 16.8 Å². The van der Waals surface area contributed by atoms with Gasteiger partial charge in [-0.15, -0.1) is 0 Å². The Morgan fingerprint density at radius 2 is 2.10 bits per heavy atom. The first kappa shape index (κ1) is 16.7. The van der Waals surface area contributed by atoms with Gasteiger partial charge in [0.25, 0.3) is 5.91 Å². The van der Waals surface area contributed by atoms with Crippen LogP contribution in [0, 0.1) is 11.7 Å². The fourth-order valence-electron chi connectivity index (χ4n) is 1.43. The average Bonchev–Trinajstić information content (AvgIpc) is 2.42. The van der Waals surface area contributed by atoms with Gasteiger partial charge in [-0.05, 0) is 18.2 Å². The van der Waals surface area contributed by atoms with E-state index in [9.17, 15) is 22.4 Å². The lowest BCUT2D eigenvalue weighted by Gasteiger charge is -2.12. The number of amidine groups is 1. The first-order valence-electron chi connectivity index (χ1n) is 5.79. The number of oxime groups is 1. The van der Waals surface area contributed by atoms with Crippen molar-refractivity contribution in [2.45, 2.75) is 13.1 Å². The molecule has 0 spiro atoms. The standard InChI is InChI=1S/C12H13F4N3O2/c1-6(10(17)19-21)5-18-11(20)7-2-3-9(13)8(4-7)12(14,15)16/h2-4,6,21H,5H2,1H3,(H2,17,19)(H,18,20). The van der Waals surface area contributed by atoms with Crippen molar-refractivity contribution in [1.82, 2.24) is 5.32 Å². The van der Waals surface area contributed by atoms with E-state index in [4.69, 9.17) is 10.9 Å². The second-order valence-corrected chi connectivity index (χ2v) is 4.33. The van der Waals surface area contributed by atoms with Crippen molar-refractivity contribution >= 4 is 11.7 Å². The van der Waals surface area contributed by atoms with Crippen LogP contribution < -0.4 is 11.1 Å². The molecule has 0 aliphatic heterocycles. The van der Waals surface area contributed by atoms with Gasteiger partial charge in [-0.25, -0.2) is 4.39 Å². The number of halogens is 4. The molecule has 0 aliphatic rings. The van der Waals surface area contributed by atoms with Crippen LogP contribution in [0.15, 0.2) is 23.4 Å². The van der Waals surface area contributed by atoms with Crippen LogP contribution in [-0.4, -0.2) is 23.5 Å². The van der Waals surface area contributed by atoms with Gasteiger partial charge in [0.15, 0.2) is 0 Å². The molecule has 1 atom stereocenters. The molecule has 116 valence electrons. The maximum absolute atomic E-state index is 13.1. The number of nitrogens with two attached hydrogens (primary N) is 1. The maximum atomic E-state index is 13.1. The first-order valence-corrected chi connectivity index (χ1v) is 5.79. The van der Waals surface area contributed by atoms with E-state index in [1.165, 1.54) is 0 Å². The Labute approximate surface area is 117 Å². The van der Waals surface area contributed by atoms with Crippen molar-refractivity contribution in [1.29, 1.82) is 0 Å². The molecule has 1 unspecified atom stereocenters. The smallest absolute Gasteiger partial charge is 0.409 e. The normalized spacial score (nSPS) is 13.9. The fraction of sp³-hybridized carbons (Fsp3) is 0.333. The zero-order valence-corrected chi connectivity index (χ0v) is 10.9. The molecule has 0 fully saturated rings. The number of carbonyl (C=O) groups excluding carboxylic acids is 1. The Kier molecular flexibility index (Phi) is 5.12. The first-order chi connectivity index (χ1) is 9.66. The summed E-state index contributed by atoms with van der Waals surface area (Å²) in [4.78, 5) is 11.7. The van der Waals surface area contributed by atoms with Gasteiger partial charge >= 0.3 is 6.18 Å². The number of hydrogen-bond acceptors (Lipinski definition) is 3. The van der Waals surface area contributed by atoms with Gasteiger partial charge < -0.3 is 16.3 Å². The van der Waals surface area contributed by atoms with Gasteiger partial charge in [0.2, 0.25) is 0 Å². The quantitative estimate of drug-likeness (QED) is 0.261. The van der Waals surface area contributed by atoms with E-state index in [0.29, 0.717) is 12.1 Å². The molecule has 1 aromatic rings. The molecule has 1 rings (SSSR count). The van der Waals surface area contributed by atoms with Crippen LogP contribution in [0.3, 0.4) is 0 Å². The molecule has 0 aromatic heterocycles. The van der Waals surface area contributed by atoms with E-state index >= 15 is 0 Å². The van der Waals surface area contributed by atoms with Crippen molar-refractivity contribution in [3.8, 4) is 0 Å². The second-order valence-electron chi connectivity index (χ2n) is 4.33. The SMILES string of the molecule is CC(CNC(=O)c1ccc(F)c(C(F)(F)F)c1)C(N)=NO. The molecular weight excluding hydrogens is 294 g/mol. The molecule has 1 aromatic carbocycles. The van der Waals surface area contributed by atoms with Crippen LogP contribution in [0.4, 0.5) is 17.6 Å². The largest absolute Gasteiger partial charge is 0.419 e. The van der Waals surface area contributed by atoms with Gasteiger partial charge in [0, 0.05) is 18.0 Å². The minimum absolute atomic E-state index is 0.0482. The van der Waals surface area contributed by atoms with E-state index in [1.807, 2.05) is 0 Å². The van der Waals surface area contributed by atoms with Gasteiger partial charge in [0.05, 0.1) is 5.56 Å². The number of carbonyl (C=O) groups is 1. The summed E-state index contributed by atoms with van der Waals surface area (Å²) < 4.78 is 50.7. The summed E-state index contributed by atoms with van der Waals surface area (Å²) >= 11 is 0. The van der Waals surface area contributed by atoms with E-state index in [1.54, 1.807) is 6.92 Å². The summed E-state index contributed by atoms with van der Waals surface area (Å²) in [6.07, 6.45) is -4.89. The number of benzene rings is 1. The van der Waals surface area contributed by atoms with Crippen molar-refractivity contribution in [3.63, 3.8) is 0 Å². The average molecular weight is 307 g/mol. The Morgan fingerprint density at radius 1 is 1.48 bits per heavy atom. The highest BCUT2D eigenvalue weighted by atomic mass is 19.4. The number of alkyl halides is 3. The van der Waals surface area contributed by atoms with Gasteiger partial charge in [0.1, 0.15) is 11.7 Å². The fourth-order valence-corrected chi connectivity index (χ4v) is 1.43. The Bertz CT molecular complexity index is 558. The lowest BCUT2D eigenvalue weighted by Crippen LogP contribution is -2.34. The van der Waals surface area contributed by atoms with E-state index in [2.05, 4.69) is 10.5 Å². The van der Waals surface area contributed by atoms with Gasteiger partial charge in [-0.3, -0.25) is 4.79 Å². The molecule has 5 nitrogen and oxygen atoms in total. The molecule has 0 aliphatic carbocycles. The molecule has 0 saturated carbocycles. The molecule has 1 amide bonds. The number of nitrogens with zero attached hydrogens (tertiary/aromatic N) is 1. The van der Waals surface area contributed by atoms with Crippen LogP contribution >= 0.6 is 0 Å². The molecule has 4 N–H and O–H groups in total. The highest BCUT2D eigenvalue weighted by Crippen LogP contribution is 2.31. The summed E-state index contributed by atoms with van der Waals surface area (Å²) in [7, 11) is 0. The Hall–Kier alpha value is -2.32. The van der Waals surface area contributed by atoms with Crippen LogP contribution in [0.25, 0.3) is 0 Å². The van der Waals surface area contributed by atoms with Crippen LogP contribution in [0.5, 0.6) is 0 Å². The van der Waals surface area contributed by atoms with Gasteiger partial charge in [-0.2, -0.15) is 13.2 Å². The predicted molar refractivity (Wildman–Crippen MR) is 66.3 cm³/mol. The third-order valence-electron chi connectivity index (χ3n) is 2.72. The summed E-state index contributed by atoms with van der Waals surface area (Å²) in [6.45, 7) is 1.49. The number of nitrogens with one attached hydrogen (secondary N) is 1.